The maximum absolute atomic E-state index is 12.9. The second-order valence-corrected chi connectivity index (χ2v) is 6.28. The van der Waals surface area contributed by atoms with Gasteiger partial charge in [-0.2, -0.15) is 0 Å². The predicted octanol–water partition coefficient (Wildman–Crippen LogP) is 2.38. The third-order valence-corrected chi connectivity index (χ3v) is 4.64. The summed E-state index contributed by atoms with van der Waals surface area (Å²) in [6.07, 6.45) is 3.71. The van der Waals surface area contributed by atoms with Gasteiger partial charge in [0.15, 0.2) is 0 Å². The number of para-hydroxylation sites is 1. The molecule has 6 heteroatoms. The summed E-state index contributed by atoms with van der Waals surface area (Å²) in [4.78, 5) is 19.3. The summed E-state index contributed by atoms with van der Waals surface area (Å²) in [6, 6.07) is 11.6. The van der Waals surface area contributed by atoms with Crippen molar-refractivity contribution in [1.82, 2.24) is 24.6 Å². The number of carbonyl (C=O) groups excluding carboxylic acids is 1. The molecule has 1 atom stereocenters. The first-order chi connectivity index (χ1) is 11.7. The molecule has 1 fully saturated rings. The van der Waals surface area contributed by atoms with Crippen LogP contribution in [0.5, 0.6) is 0 Å². The molecule has 3 aromatic rings. The lowest BCUT2D eigenvalue weighted by Crippen LogP contribution is -2.40. The van der Waals surface area contributed by atoms with Gasteiger partial charge in [0.1, 0.15) is 17.8 Å². The highest BCUT2D eigenvalue weighted by Crippen LogP contribution is 2.26. The van der Waals surface area contributed by atoms with Crippen molar-refractivity contribution < 1.29 is 4.79 Å². The molecule has 6 nitrogen and oxygen atoms in total. The second-order valence-electron chi connectivity index (χ2n) is 6.28. The van der Waals surface area contributed by atoms with Crippen molar-refractivity contribution in [3.8, 4) is 0 Å². The largest absolute Gasteiger partial charge is 0.337 e. The van der Waals surface area contributed by atoms with Crippen molar-refractivity contribution in [2.75, 3.05) is 13.1 Å². The van der Waals surface area contributed by atoms with Crippen molar-refractivity contribution >= 4 is 16.8 Å². The zero-order valence-corrected chi connectivity index (χ0v) is 13.6. The number of amides is 1. The zero-order chi connectivity index (χ0) is 16.5. The van der Waals surface area contributed by atoms with Crippen molar-refractivity contribution in [2.24, 2.45) is 7.05 Å². The van der Waals surface area contributed by atoms with E-state index in [0.717, 1.165) is 36.1 Å². The highest BCUT2D eigenvalue weighted by Gasteiger charge is 2.28. The minimum absolute atomic E-state index is 0.00683. The normalized spacial score (nSPS) is 18.0. The topological polar surface area (TPSA) is 63.9 Å². The fourth-order valence-electron chi connectivity index (χ4n) is 3.38. The number of fused-ring (bicyclic) bond motifs is 1. The van der Waals surface area contributed by atoms with Crippen LogP contribution >= 0.6 is 0 Å². The van der Waals surface area contributed by atoms with E-state index in [-0.39, 0.29) is 11.8 Å². The third kappa shape index (κ3) is 2.64. The Kier molecular flexibility index (Phi) is 3.72. The molecule has 1 aromatic carbocycles. The Morgan fingerprint density at radius 2 is 2.08 bits per heavy atom. The van der Waals surface area contributed by atoms with Crippen LogP contribution < -0.4 is 0 Å². The van der Waals surface area contributed by atoms with Gasteiger partial charge in [-0.05, 0) is 25.0 Å². The van der Waals surface area contributed by atoms with E-state index in [1.165, 1.54) is 0 Å². The first-order valence-corrected chi connectivity index (χ1v) is 8.21. The smallest absolute Gasteiger partial charge is 0.272 e. The number of benzene rings is 1. The number of aryl methyl sites for hydroxylation is 1. The molecule has 4 rings (SSSR count). The SMILES string of the molecule is Cn1cnnc1[C@H]1CCCN(C(=O)c2ccc3ccccc3n2)C1. The number of pyridine rings is 1. The molecule has 1 aliphatic heterocycles. The van der Waals surface area contributed by atoms with Crippen molar-refractivity contribution in [3.63, 3.8) is 0 Å². The van der Waals surface area contributed by atoms with Gasteiger partial charge in [0.25, 0.3) is 5.91 Å². The Morgan fingerprint density at radius 1 is 1.21 bits per heavy atom. The first-order valence-electron chi connectivity index (χ1n) is 8.21. The van der Waals surface area contributed by atoms with Gasteiger partial charge >= 0.3 is 0 Å². The van der Waals surface area contributed by atoms with Crippen LogP contribution in [0, 0.1) is 0 Å². The Hall–Kier alpha value is -2.76. The van der Waals surface area contributed by atoms with E-state index in [2.05, 4.69) is 15.2 Å². The Bertz CT molecular complexity index is 888. The van der Waals surface area contributed by atoms with Gasteiger partial charge in [-0.15, -0.1) is 10.2 Å². The van der Waals surface area contributed by atoms with E-state index in [4.69, 9.17) is 0 Å². The van der Waals surface area contributed by atoms with E-state index in [1.54, 1.807) is 6.33 Å². The standard InChI is InChI=1S/C18H19N5O/c1-22-12-19-21-17(22)14-6-4-10-23(11-14)18(24)16-9-8-13-5-2-3-7-15(13)20-16/h2-3,5,7-9,12,14H,4,6,10-11H2,1H3/t14-/m0/s1. The van der Waals surface area contributed by atoms with Crippen LogP contribution in [0.1, 0.15) is 35.1 Å². The summed E-state index contributed by atoms with van der Waals surface area (Å²) in [5.41, 5.74) is 1.36. The molecule has 0 aliphatic carbocycles. The maximum Gasteiger partial charge on any atom is 0.272 e. The van der Waals surface area contributed by atoms with Crippen LogP contribution in [0.4, 0.5) is 0 Å². The molecule has 0 bridgehead atoms. The number of piperidine rings is 1. The van der Waals surface area contributed by atoms with Crippen molar-refractivity contribution in [3.05, 3.63) is 54.2 Å². The highest BCUT2D eigenvalue weighted by molar-refractivity contribution is 5.95. The number of aromatic nitrogens is 4. The Balaban J connectivity index is 1.57. The summed E-state index contributed by atoms with van der Waals surface area (Å²) >= 11 is 0. The zero-order valence-electron chi connectivity index (χ0n) is 13.6. The second kappa shape index (κ2) is 6.03. The lowest BCUT2D eigenvalue weighted by atomic mass is 9.97. The number of carbonyl (C=O) groups is 1. The van der Waals surface area contributed by atoms with Crippen LogP contribution in [0.25, 0.3) is 10.9 Å². The van der Waals surface area contributed by atoms with Gasteiger partial charge in [-0.1, -0.05) is 24.3 Å². The highest BCUT2D eigenvalue weighted by atomic mass is 16.2. The summed E-state index contributed by atoms with van der Waals surface area (Å²) in [5.74, 6) is 1.17. The summed E-state index contributed by atoms with van der Waals surface area (Å²) in [6.45, 7) is 1.43. The van der Waals surface area contributed by atoms with Crippen LogP contribution in [0.3, 0.4) is 0 Å². The predicted molar refractivity (Wildman–Crippen MR) is 90.6 cm³/mol. The monoisotopic (exact) mass is 321 g/mol. The Labute approximate surface area is 140 Å². The van der Waals surface area contributed by atoms with Gasteiger partial charge in [0.2, 0.25) is 0 Å². The van der Waals surface area contributed by atoms with E-state index >= 15 is 0 Å². The lowest BCUT2D eigenvalue weighted by Gasteiger charge is -2.32. The molecule has 1 saturated heterocycles. The number of hydrogen-bond acceptors (Lipinski definition) is 4. The minimum atomic E-state index is -0.00683. The lowest BCUT2D eigenvalue weighted by molar-refractivity contribution is 0.0698. The molecule has 122 valence electrons. The molecular formula is C18H19N5O. The molecule has 24 heavy (non-hydrogen) atoms. The average Bonchev–Trinajstić information content (AvgIpc) is 3.07. The van der Waals surface area contributed by atoms with Crippen molar-refractivity contribution in [2.45, 2.75) is 18.8 Å². The van der Waals surface area contributed by atoms with Gasteiger partial charge in [-0.25, -0.2) is 4.98 Å². The quantitative estimate of drug-likeness (QED) is 0.727. The first kappa shape index (κ1) is 14.8. The molecule has 1 aliphatic rings. The Morgan fingerprint density at radius 3 is 2.92 bits per heavy atom. The average molecular weight is 321 g/mol. The van der Waals surface area contributed by atoms with Gasteiger partial charge in [0, 0.05) is 31.4 Å². The molecule has 2 aromatic heterocycles. The molecular weight excluding hydrogens is 302 g/mol. The molecule has 0 unspecified atom stereocenters. The number of rotatable bonds is 2. The van der Waals surface area contributed by atoms with Crippen LogP contribution in [0.2, 0.25) is 0 Å². The molecule has 0 spiro atoms. The minimum Gasteiger partial charge on any atom is -0.337 e. The van der Waals surface area contributed by atoms with Crippen LogP contribution in [-0.4, -0.2) is 43.6 Å². The molecule has 1 amide bonds. The maximum atomic E-state index is 12.9. The van der Waals surface area contributed by atoms with Crippen molar-refractivity contribution in [1.29, 1.82) is 0 Å². The molecule has 0 N–H and O–H groups in total. The number of nitrogens with zero attached hydrogens (tertiary/aromatic N) is 5. The van der Waals surface area contributed by atoms with E-state index in [1.807, 2.05) is 52.9 Å². The molecule has 3 heterocycles. The van der Waals surface area contributed by atoms with Crippen LogP contribution in [-0.2, 0) is 7.05 Å². The third-order valence-electron chi connectivity index (χ3n) is 4.64. The van der Waals surface area contributed by atoms with Gasteiger partial charge in [-0.3, -0.25) is 4.79 Å². The molecule has 0 saturated carbocycles. The molecule has 0 radical (unpaired) electrons. The number of likely N-dealkylation sites (tertiary alicyclic amines) is 1. The summed E-state index contributed by atoms with van der Waals surface area (Å²) in [5, 5.41) is 9.21. The fourth-order valence-corrected chi connectivity index (χ4v) is 3.38. The van der Waals surface area contributed by atoms with E-state index in [0.29, 0.717) is 12.2 Å². The van der Waals surface area contributed by atoms with E-state index < -0.39 is 0 Å². The fraction of sp³-hybridized carbons (Fsp3) is 0.333. The summed E-state index contributed by atoms with van der Waals surface area (Å²) < 4.78 is 1.94. The van der Waals surface area contributed by atoms with Gasteiger partial charge in [0.05, 0.1) is 5.52 Å². The summed E-state index contributed by atoms with van der Waals surface area (Å²) in [7, 11) is 1.95. The van der Waals surface area contributed by atoms with E-state index in [9.17, 15) is 4.79 Å². The number of hydrogen-bond donors (Lipinski definition) is 0. The van der Waals surface area contributed by atoms with Gasteiger partial charge < -0.3 is 9.47 Å². The van der Waals surface area contributed by atoms with Crippen LogP contribution in [0.15, 0.2) is 42.7 Å².